The molecular weight excluding hydrogens is 510 g/mol. The van der Waals surface area contributed by atoms with E-state index in [0.717, 1.165) is 29.7 Å². The Morgan fingerprint density at radius 2 is 1.59 bits per heavy atom. The summed E-state index contributed by atoms with van der Waals surface area (Å²) in [5, 5.41) is 32.2. The van der Waals surface area contributed by atoms with Crippen molar-refractivity contribution in [1.82, 2.24) is 15.5 Å². The molecule has 0 heterocycles. The Balaban J connectivity index is 2.15. The second-order valence-corrected chi connectivity index (χ2v) is 8.92. The van der Waals surface area contributed by atoms with Gasteiger partial charge in [0.1, 0.15) is 31.5 Å². The van der Waals surface area contributed by atoms with Gasteiger partial charge >= 0.3 is 12.0 Å². The molecule has 12 nitrogen and oxygen atoms in total. The topological polar surface area (TPSA) is 167 Å². The van der Waals surface area contributed by atoms with Crippen LogP contribution < -0.4 is 15.4 Å². The highest BCUT2D eigenvalue weighted by Gasteiger charge is 2.25. The number of hydrogen-bond donors (Lipinski definition) is 5. The van der Waals surface area contributed by atoms with Crippen LogP contribution >= 0.6 is 0 Å². The lowest BCUT2D eigenvalue weighted by Gasteiger charge is -2.25. The Morgan fingerprint density at radius 1 is 0.923 bits per heavy atom. The molecular formula is C27H37N3O9. The van der Waals surface area contributed by atoms with E-state index in [2.05, 4.69) is 27.3 Å². The highest BCUT2D eigenvalue weighted by molar-refractivity contribution is 5.88. The maximum absolute atomic E-state index is 13.1. The summed E-state index contributed by atoms with van der Waals surface area (Å²) < 4.78 is 5.59. The van der Waals surface area contributed by atoms with Gasteiger partial charge in [-0.25, -0.2) is 14.6 Å². The maximum Gasteiger partial charge on any atom is 0.323 e. The SMILES string of the molecule is CCCCCNC(=O)C(Cc1ccc(OC(COO)COO)cc1)NC(=O)N(CC(=O)O)Cc1ccccc1. The predicted octanol–water partition coefficient (Wildman–Crippen LogP) is 2.93. The van der Waals surface area contributed by atoms with Crippen LogP contribution in [0.1, 0.15) is 37.3 Å². The highest BCUT2D eigenvalue weighted by Crippen LogP contribution is 2.16. The van der Waals surface area contributed by atoms with Crippen LogP contribution in [0.5, 0.6) is 5.75 Å². The van der Waals surface area contributed by atoms with Gasteiger partial charge in [-0.05, 0) is 29.7 Å². The van der Waals surface area contributed by atoms with E-state index < -0.39 is 30.7 Å². The number of benzene rings is 2. The minimum atomic E-state index is -1.17. The molecule has 2 aromatic rings. The molecule has 0 aliphatic heterocycles. The first kappa shape index (κ1) is 31.5. The molecule has 0 spiro atoms. The molecule has 0 aliphatic carbocycles. The predicted molar refractivity (Wildman–Crippen MR) is 141 cm³/mol. The summed E-state index contributed by atoms with van der Waals surface area (Å²) in [5.74, 6) is -1.15. The van der Waals surface area contributed by atoms with E-state index in [1.807, 2.05) is 6.07 Å². The average Bonchev–Trinajstić information content (AvgIpc) is 2.92. The quantitative estimate of drug-likeness (QED) is 0.107. The normalized spacial score (nSPS) is 11.6. The van der Waals surface area contributed by atoms with E-state index in [4.69, 9.17) is 15.3 Å². The van der Waals surface area contributed by atoms with Crippen molar-refractivity contribution < 1.29 is 44.5 Å². The van der Waals surface area contributed by atoms with Gasteiger partial charge in [-0.2, -0.15) is 0 Å². The summed E-state index contributed by atoms with van der Waals surface area (Å²) in [5.41, 5.74) is 1.46. The van der Waals surface area contributed by atoms with Crippen LogP contribution in [0, 0.1) is 0 Å². The molecule has 214 valence electrons. The van der Waals surface area contributed by atoms with Crippen molar-refractivity contribution in [3.8, 4) is 5.75 Å². The van der Waals surface area contributed by atoms with Gasteiger partial charge in [-0.3, -0.25) is 20.1 Å². The molecule has 1 atom stereocenters. The third-order valence-electron chi connectivity index (χ3n) is 5.71. The monoisotopic (exact) mass is 547 g/mol. The van der Waals surface area contributed by atoms with Gasteiger partial charge in [0.25, 0.3) is 0 Å². The lowest BCUT2D eigenvalue weighted by molar-refractivity contribution is -0.286. The summed E-state index contributed by atoms with van der Waals surface area (Å²) in [7, 11) is 0. The number of urea groups is 1. The number of carboxylic acids is 1. The van der Waals surface area contributed by atoms with E-state index in [1.54, 1.807) is 48.5 Å². The standard InChI is InChI=1S/C27H37N3O9/c1-2-3-7-14-28-26(33)24(15-20-10-12-22(13-11-20)39-23(18-37-35)19-38-36)29-27(34)30(17-25(31)32)16-21-8-5-4-6-9-21/h4-6,8-13,23-24,35-36H,2-3,7,14-19H2,1H3,(H,28,33)(H,29,34)(H,31,32). The lowest BCUT2D eigenvalue weighted by Crippen LogP contribution is -2.53. The van der Waals surface area contributed by atoms with Gasteiger partial charge in [0.2, 0.25) is 5.91 Å². The van der Waals surface area contributed by atoms with E-state index in [1.165, 1.54) is 0 Å². The minimum Gasteiger partial charge on any atom is -0.485 e. The molecule has 2 aromatic carbocycles. The summed E-state index contributed by atoms with van der Waals surface area (Å²) in [6.45, 7) is 1.57. The van der Waals surface area contributed by atoms with Crippen LogP contribution in [-0.4, -0.2) is 76.9 Å². The molecule has 0 radical (unpaired) electrons. The summed E-state index contributed by atoms with van der Waals surface area (Å²) in [4.78, 5) is 46.9. The van der Waals surface area contributed by atoms with Crippen LogP contribution in [0.4, 0.5) is 4.79 Å². The molecule has 0 fully saturated rings. The first-order valence-electron chi connectivity index (χ1n) is 12.7. The van der Waals surface area contributed by atoms with Gasteiger partial charge < -0.3 is 25.4 Å². The first-order valence-corrected chi connectivity index (χ1v) is 12.7. The molecule has 0 saturated carbocycles. The Labute approximate surface area is 227 Å². The fourth-order valence-electron chi connectivity index (χ4n) is 3.74. The number of nitrogens with one attached hydrogen (secondary N) is 2. The number of carboxylic acid groups (broad SMARTS) is 1. The maximum atomic E-state index is 13.1. The second kappa shape index (κ2) is 17.7. The number of ether oxygens (including phenoxy) is 1. The zero-order valence-electron chi connectivity index (χ0n) is 22.0. The smallest absolute Gasteiger partial charge is 0.323 e. The number of unbranched alkanes of at least 4 members (excludes halogenated alkanes) is 2. The molecule has 2 rings (SSSR count). The zero-order chi connectivity index (χ0) is 28.5. The van der Waals surface area contributed by atoms with Gasteiger partial charge in [-0.15, -0.1) is 0 Å². The van der Waals surface area contributed by atoms with E-state index in [0.29, 0.717) is 17.9 Å². The number of carbonyl (C=O) groups is 3. The summed E-state index contributed by atoms with van der Waals surface area (Å²) in [6.07, 6.45) is 2.11. The van der Waals surface area contributed by atoms with Crippen molar-refractivity contribution in [2.45, 2.75) is 51.3 Å². The molecule has 0 aliphatic rings. The fraction of sp³-hybridized carbons (Fsp3) is 0.444. The molecule has 12 heteroatoms. The largest absolute Gasteiger partial charge is 0.485 e. The Morgan fingerprint density at radius 3 is 2.18 bits per heavy atom. The lowest BCUT2D eigenvalue weighted by atomic mass is 10.0. The van der Waals surface area contributed by atoms with Crippen molar-refractivity contribution >= 4 is 17.9 Å². The minimum absolute atomic E-state index is 0.0616. The molecule has 39 heavy (non-hydrogen) atoms. The van der Waals surface area contributed by atoms with E-state index >= 15 is 0 Å². The van der Waals surface area contributed by atoms with Crippen molar-refractivity contribution in [2.24, 2.45) is 0 Å². The number of nitrogens with zero attached hydrogens (tertiary/aromatic N) is 1. The van der Waals surface area contributed by atoms with Crippen molar-refractivity contribution in [3.05, 3.63) is 65.7 Å². The Kier molecular flexibility index (Phi) is 14.3. The third kappa shape index (κ3) is 12.1. The van der Waals surface area contributed by atoms with Gasteiger partial charge in [-0.1, -0.05) is 62.2 Å². The van der Waals surface area contributed by atoms with Crippen molar-refractivity contribution in [3.63, 3.8) is 0 Å². The molecule has 5 N–H and O–H groups in total. The van der Waals surface area contributed by atoms with Gasteiger partial charge in [0.05, 0.1) is 0 Å². The molecule has 0 saturated heterocycles. The van der Waals surface area contributed by atoms with Gasteiger partial charge in [0, 0.05) is 19.5 Å². The fourth-order valence-corrected chi connectivity index (χ4v) is 3.74. The average molecular weight is 548 g/mol. The Hall–Kier alpha value is -3.71. The Bertz CT molecular complexity index is 999. The molecule has 1 unspecified atom stereocenters. The number of aliphatic carboxylic acids is 1. The summed E-state index contributed by atoms with van der Waals surface area (Å²) in [6, 6.07) is 14.0. The zero-order valence-corrected chi connectivity index (χ0v) is 22.0. The number of hydrogen-bond acceptors (Lipinski definition) is 8. The number of amides is 3. The molecule has 0 bridgehead atoms. The number of carbonyl (C=O) groups excluding carboxylic acids is 2. The van der Waals surface area contributed by atoms with Crippen LogP contribution in [0.25, 0.3) is 0 Å². The van der Waals surface area contributed by atoms with Crippen molar-refractivity contribution in [2.75, 3.05) is 26.3 Å². The van der Waals surface area contributed by atoms with Crippen LogP contribution in [0.2, 0.25) is 0 Å². The summed E-state index contributed by atoms with van der Waals surface area (Å²) >= 11 is 0. The molecule has 0 aromatic heterocycles. The number of rotatable bonds is 18. The van der Waals surface area contributed by atoms with Gasteiger partial charge in [0.15, 0.2) is 6.10 Å². The highest BCUT2D eigenvalue weighted by atomic mass is 17.1. The van der Waals surface area contributed by atoms with Crippen molar-refractivity contribution in [1.29, 1.82) is 0 Å². The van der Waals surface area contributed by atoms with E-state index in [-0.39, 0.29) is 32.1 Å². The van der Waals surface area contributed by atoms with Crippen LogP contribution in [0.3, 0.4) is 0 Å². The third-order valence-corrected chi connectivity index (χ3v) is 5.71. The van der Waals surface area contributed by atoms with E-state index in [9.17, 15) is 19.5 Å². The van der Waals surface area contributed by atoms with Crippen LogP contribution in [0.15, 0.2) is 54.6 Å². The molecule has 3 amide bonds. The second-order valence-electron chi connectivity index (χ2n) is 8.92. The van der Waals surface area contributed by atoms with Crippen LogP contribution in [-0.2, 0) is 32.3 Å². The first-order chi connectivity index (χ1) is 18.9.